The summed E-state index contributed by atoms with van der Waals surface area (Å²) in [5.74, 6) is -1.31. The average molecular weight is 343 g/mol. The number of ketones is 1. The number of amides is 1. The van der Waals surface area contributed by atoms with Crippen LogP contribution in [0.5, 0.6) is 0 Å². The van der Waals surface area contributed by atoms with Crippen molar-refractivity contribution in [3.05, 3.63) is 89.2 Å². The predicted molar refractivity (Wildman–Crippen MR) is 98.8 cm³/mol. The van der Waals surface area contributed by atoms with E-state index >= 15 is 0 Å². The maximum absolute atomic E-state index is 12.5. The molecule has 0 fully saturated rings. The smallest absolute Gasteiger partial charge is 0.298 e. The summed E-state index contributed by atoms with van der Waals surface area (Å²) in [5, 5.41) is 11.4. The first-order chi connectivity index (χ1) is 12.6. The molecule has 5 nitrogen and oxygen atoms in total. The third kappa shape index (κ3) is 3.87. The molecular formula is C21H17N3O2. The highest BCUT2D eigenvalue weighted by molar-refractivity contribution is 6.46. The Labute approximate surface area is 151 Å². The summed E-state index contributed by atoms with van der Waals surface area (Å²) in [4.78, 5) is 24.8. The Morgan fingerprint density at radius 1 is 1.04 bits per heavy atom. The molecule has 0 atom stereocenters. The molecule has 128 valence electrons. The zero-order valence-corrected chi connectivity index (χ0v) is 14.3. The van der Waals surface area contributed by atoms with Crippen molar-refractivity contribution in [1.29, 1.82) is 5.26 Å². The van der Waals surface area contributed by atoms with Gasteiger partial charge in [0.1, 0.15) is 0 Å². The molecule has 0 aliphatic rings. The van der Waals surface area contributed by atoms with E-state index in [4.69, 9.17) is 5.26 Å². The summed E-state index contributed by atoms with van der Waals surface area (Å²) in [5.41, 5.74) is 3.50. The molecule has 0 radical (unpaired) electrons. The van der Waals surface area contributed by atoms with Crippen LogP contribution in [0.15, 0.2) is 66.9 Å². The highest BCUT2D eigenvalue weighted by Gasteiger charge is 2.19. The molecule has 1 N–H and O–H groups in total. The van der Waals surface area contributed by atoms with Crippen LogP contribution in [0.1, 0.15) is 27.2 Å². The monoisotopic (exact) mass is 343 g/mol. The Balaban J connectivity index is 1.73. The number of rotatable bonds is 5. The first-order valence-corrected chi connectivity index (χ1v) is 8.13. The standard InChI is InChI=1S/C21H17N3O2/c1-15-4-6-17(7-5-15)14-24-12-2-3-19(24)20(25)21(26)23-18-10-8-16(13-22)9-11-18/h2-12H,14H2,1H3,(H,23,26). The van der Waals surface area contributed by atoms with Crippen molar-refractivity contribution in [2.75, 3.05) is 5.32 Å². The van der Waals surface area contributed by atoms with Gasteiger partial charge in [-0.1, -0.05) is 29.8 Å². The van der Waals surface area contributed by atoms with Gasteiger partial charge in [-0.2, -0.15) is 5.26 Å². The number of anilines is 1. The Hall–Kier alpha value is -3.65. The minimum atomic E-state index is -0.710. The van der Waals surface area contributed by atoms with Crippen LogP contribution in [0.25, 0.3) is 0 Å². The van der Waals surface area contributed by atoms with E-state index in [1.807, 2.05) is 37.3 Å². The lowest BCUT2D eigenvalue weighted by atomic mass is 10.1. The molecule has 5 heteroatoms. The minimum Gasteiger partial charge on any atom is -0.340 e. The van der Waals surface area contributed by atoms with Gasteiger partial charge in [-0.05, 0) is 48.9 Å². The fraction of sp³-hybridized carbons (Fsp3) is 0.0952. The van der Waals surface area contributed by atoms with E-state index in [2.05, 4.69) is 5.32 Å². The van der Waals surface area contributed by atoms with E-state index in [0.717, 1.165) is 5.56 Å². The predicted octanol–water partition coefficient (Wildman–Crippen LogP) is 3.54. The number of nitrogens with one attached hydrogen (secondary N) is 1. The fourth-order valence-corrected chi connectivity index (χ4v) is 2.58. The highest BCUT2D eigenvalue weighted by Crippen LogP contribution is 2.13. The van der Waals surface area contributed by atoms with Crippen molar-refractivity contribution in [2.45, 2.75) is 13.5 Å². The summed E-state index contributed by atoms with van der Waals surface area (Å²) in [6, 6.07) is 19.8. The van der Waals surface area contributed by atoms with Gasteiger partial charge in [-0.3, -0.25) is 9.59 Å². The molecule has 0 unspecified atom stereocenters. The maximum atomic E-state index is 12.5. The second-order valence-corrected chi connectivity index (χ2v) is 5.98. The van der Waals surface area contributed by atoms with Crippen LogP contribution in [0.4, 0.5) is 5.69 Å². The van der Waals surface area contributed by atoms with Gasteiger partial charge in [-0.15, -0.1) is 0 Å². The largest absolute Gasteiger partial charge is 0.340 e. The number of carbonyl (C=O) groups excluding carboxylic acids is 2. The van der Waals surface area contributed by atoms with Crippen LogP contribution in [0, 0.1) is 18.3 Å². The van der Waals surface area contributed by atoms with Crippen molar-refractivity contribution in [2.24, 2.45) is 0 Å². The van der Waals surface area contributed by atoms with Gasteiger partial charge >= 0.3 is 0 Å². The molecule has 1 aromatic heterocycles. The van der Waals surface area contributed by atoms with E-state index in [1.54, 1.807) is 47.2 Å². The van der Waals surface area contributed by atoms with Gasteiger partial charge < -0.3 is 9.88 Å². The maximum Gasteiger partial charge on any atom is 0.298 e. The first kappa shape index (κ1) is 17.2. The molecule has 0 saturated heterocycles. The molecule has 0 saturated carbocycles. The highest BCUT2D eigenvalue weighted by atomic mass is 16.2. The number of carbonyl (C=O) groups is 2. The van der Waals surface area contributed by atoms with Gasteiger partial charge in [-0.25, -0.2) is 0 Å². The average Bonchev–Trinajstić information content (AvgIpc) is 3.11. The number of nitrogens with zero attached hydrogens (tertiary/aromatic N) is 2. The molecule has 0 bridgehead atoms. The fourth-order valence-electron chi connectivity index (χ4n) is 2.58. The number of aryl methyl sites for hydroxylation is 1. The number of Topliss-reactive ketones (excluding diaryl/α,β-unsaturated/α-hetero) is 1. The topological polar surface area (TPSA) is 74.9 Å². The Bertz CT molecular complexity index is 977. The Kier molecular flexibility index (Phi) is 4.95. The Morgan fingerprint density at radius 3 is 2.38 bits per heavy atom. The first-order valence-electron chi connectivity index (χ1n) is 8.13. The lowest BCUT2D eigenvalue weighted by Crippen LogP contribution is -2.25. The molecule has 0 aliphatic heterocycles. The minimum absolute atomic E-state index is 0.330. The molecule has 1 heterocycles. The van der Waals surface area contributed by atoms with Crippen molar-refractivity contribution in [3.8, 4) is 6.07 Å². The second kappa shape index (κ2) is 7.49. The van der Waals surface area contributed by atoms with Gasteiger partial charge in [0, 0.05) is 18.4 Å². The molecule has 3 aromatic rings. The van der Waals surface area contributed by atoms with Crippen LogP contribution >= 0.6 is 0 Å². The molecular weight excluding hydrogens is 326 g/mol. The van der Waals surface area contributed by atoms with E-state index in [-0.39, 0.29) is 0 Å². The zero-order valence-electron chi connectivity index (χ0n) is 14.3. The summed E-state index contributed by atoms with van der Waals surface area (Å²) < 4.78 is 1.76. The third-order valence-electron chi connectivity index (χ3n) is 4.01. The summed E-state index contributed by atoms with van der Waals surface area (Å²) in [6.45, 7) is 2.53. The molecule has 1 amide bonds. The quantitative estimate of drug-likeness (QED) is 0.569. The molecule has 3 rings (SSSR count). The number of benzene rings is 2. The van der Waals surface area contributed by atoms with Crippen molar-refractivity contribution in [3.63, 3.8) is 0 Å². The number of nitriles is 1. The van der Waals surface area contributed by atoms with Crippen LogP contribution in [0.3, 0.4) is 0 Å². The molecule has 0 aliphatic carbocycles. The molecule has 26 heavy (non-hydrogen) atoms. The van der Waals surface area contributed by atoms with E-state index in [9.17, 15) is 9.59 Å². The lowest BCUT2D eigenvalue weighted by molar-refractivity contribution is -0.112. The van der Waals surface area contributed by atoms with Gasteiger partial charge in [0.25, 0.3) is 11.7 Å². The summed E-state index contributed by atoms with van der Waals surface area (Å²) >= 11 is 0. The summed E-state index contributed by atoms with van der Waals surface area (Å²) in [7, 11) is 0. The lowest BCUT2D eigenvalue weighted by Gasteiger charge is -2.09. The molecule has 2 aromatic carbocycles. The van der Waals surface area contributed by atoms with Gasteiger partial charge in [0.2, 0.25) is 0 Å². The van der Waals surface area contributed by atoms with Gasteiger partial charge in [0.05, 0.1) is 17.3 Å². The van der Waals surface area contributed by atoms with Crippen LogP contribution in [-0.2, 0) is 11.3 Å². The third-order valence-corrected chi connectivity index (χ3v) is 4.01. The number of aromatic nitrogens is 1. The normalized spacial score (nSPS) is 10.2. The van der Waals surface area contributed by atoms with E-state index in [1.165, 1.54) is 5.56 Å². The van der Waals surface area contributed by atoms with E-state index in [0.29, 0.717) is 23.5 Å². The zero-order chi connectivity index (χ0) is 18.5. The van der Waals surface area contributed by atoms with Crippen LogP contribution < -0.4 is 5.32 Å². The number of hydrogen-bond acceptors (Lipinski definition) is 3. The van der Waals surface area contributed by atoms with Gasteiger partial charge in [0.15, 0.2) is 0 Å². The Morgan fingerprint density at radius 2 is 1.73 bits per heavy atom. The van der Waals surface area contributed by atoms with Crippen molar-refractivity contribution in [1.82, 2.24) is 4.57 Å². The van der Waals surface area contributed by atoms with Crippen LogP contribution in [-0.4, -0.2) is 16.3 Å². The van der Waals surface area contributed by atoms with E-state index < -0.39 is 11.7 Å². The van der Waals surface area contributed by atoms with Crippen molar-refractivity contribution < 1.29 is 9.59 Å². The summed E-state index contributed by atoms with van der Waals surface area (Å²) in [6.07, 6.45) is 1.78. The second-order valence-electron chi connectivity index (χ2n) is 5.98. The number of hydrogen-bond donors (Lipinski definition) is 1. The van der Waals surface area contributed by atoms with Crippen molar-refractivity contribution >= 4 is 17.4 Å². The molecule has 0 spiro atoms. The van der Waals surface area contributed by atoms with Crippen LogP contribution in [0.2, 0.25) is 0 Å². The SMILES string of the molecule is Cc1ccc(Cn2cccc2C(=O)C(=O)Nc2ccc(C#N)cc2)cc1.